The number of carbonyl (C=O) groups is 1. The monoisotopic (exact) mass is 404 g/mol. The molecule has 28 heavy (non-hydrogen) atoms. The van der Waals surface area contributed by atoms with E-state index < -0.39 is 23.4 Å². The van der Waals surface area contributed by atoms with Crippen molar-refractivity contribution in [3.63, 3.8) is 0 Å². The van der Waals surface area contributed by atoms with E-state index in [1.54, 1.807) is 12.4 Å². The highest BCUT2D eigenvalue weighted by atomic mass is 32.2. The van der Waals surface area contributed by atoms with E-state index in [1.807, 2.05) is 36.4 Å². The molecule has 0 spiro atoms. The van der Waals surface area contributed by atoms with Gasteiger partial charge < -0.3 is 10.2 Å². The summed E-state index contributed by atoms with van der Waals surface area (Å²) in [6.45, 7) is 0. The van der Waals surface area contributed by atoms with Crippen LogP contribution < -0.4 is 5.32 Å². The number of thioether (sulfide) groups is 1. The van der Waals surface area contributed by atoms with Gasteiger partial charge in [0.25, 0.3) is 0 Å². The molecule has 2 unspecified atom stereocenters. The van der Waals surface area contributed by atoms with Crippen molar-refractivity contribution in [2.45, 2.75) is 24.1 Å². The molecule has 0 saturated carbocycles. The first-order valence-electron chi connectivity index (χ1n) is 8.45. The number of nitrogens with one attached hydrogen (secondary N) is 1. The number of allylic oxidation sites excluding steroid dienone is 1. The predicted molar refractivity (Wildman–Crippen MR) is 101 cm³/mol. The predicted octanol–water partition coefficient (Wildman–Crippen LogP) is 3.55. The summed E-state index contributed by atoms with van der Waals surface area (Å²) in [5.41, 5.74) is 2.01. The van der Waals surface area contributed by atoms with Crippen LogP contribution in [-0.4, -0.2) is 39.8 Å². The number of halogens is 3. The number of alkyl halides is 3. The Morgan fingerprint density at radius 1 is 1.18 bits per heavy atom. The molecule has 9 heteroatoms. The van der Waals surface area contributed by atoms with E-state index in [-0.39, 0.29) is 12.3 Å². The van der Waals surface area contributed by atoms with Crippen molar-refractivity contribution < 1.29 is 18.0 Å². The van der Waals surface area contributed by atoms with E-state index >= 15 is 0 Å². The van der Waals surface area contributed by atoms with Crippen LogP contribution in [0.4, 0.5) is 13.2 Å². The van der Waals surface area contributed by atoms with Gasteiger partial charge in [-0.2, -0.15) is 13.2 Å². The number of benzene rings is 1. The smallest absolute Gasteiger partial charge is 0.332 e. The van der Waals surface area contributed by atoms with Gasteiger partial charge in [0, 0.05) is 17.8 Å². The van der Waals surface area contributed by atoms with Crippen LogP contribution in [0.1, 0.15) is 5.56 Å². The third kappa shape index (κ3) is 3.75. The fourth-order valence-electron chi connectivity index (χ4n) is 3.04. The second-order valence-electron chi connectivity index (χ2n) is 6.33. The molecule has 0 fully saturated rings. The number of aromatic nitrogens is 1. The Labute approximate surface area is 163 Å². The van der Waals surface area contributed by atoms with Crippen LogP contribution >= 0.6 is 11.8 Å². The molecular formula is C19H15F3N4OS. The molecule has 0 saturated heterocycles. The summed E-state index contributed by atoms with van der Waals surface area (Å²) in [6.07, 6.45) is -0.446. The van der Waals surface area contributed by atoms with Crippen LogP contribution in [0.15, 0.2) is 64.9 Å². The van der Waals surface area contributed by atoms with Crippen molar-refractivity contribution in [1.82, 2.24) is 15.2 Å². The standard InChI is InChI=1S/C19H15F3N4OS/c20-19(21,22)15-10-28-18-17(24-11-26(15)18)25-16(27)8-12-3-5-13(6-4-12)14-2-1-7-23-9-14/h1-7,9-11,17-18H,8H2,(H,25,27). The Bertz CT molecular complexity index is 928. The quantitative estimate of drug-likeness (QED) is 0.847. The number of rotatable bonds is 4. The average Bonchev–Trinajstić information content (AvgIpc) is 3.26. The lowest BCUT2D eigenvalue weighted by Crippen LogP contribution is -2.43. The van der Waals surface area contributed by atoms with Crippen LogP contribution in [0.5, 0.6) is 0 Å². The normalized spacial score (nSPS) is 20.8. The summed E-state index contributed by atoms with van der Waals surface area (Å²) >= 11 is 1.00. The van der Waals surface area contributed by atoms with Crippen molar-refractivity contribution in [2.24, 2.45) is 4.99 Å². The summed E-state index contributed by atoms with van der Waals surface area (Å²) in [4.78, 5) is 21.5. The Balaban J connectivity index is 1.35. The van der Waals surface area contributed by atoms with Crippen LogP contribution in [0, 0.1) is 0 Å². The highest BCUT2D eigenvalue weighted by molar-refractivity contribution is 8.03. The van der Waals surface area contributed by atoms with Crippen LogP contribution in [0.3, 0.4) is 0 Å². The summed E-state index contributed by atoms with van der Waals surface area (Å²) in [5, 5.41) is 3.17. The number of pyridine rings is 1. The van der Waals surface area contributed by atoms with Crippen LogP contribution in [-0.2, 0) is 11.2 Å². The Kier molecular flexibility index (Phi) is 4.84. The van der Waals surface area contributed by atoms with Crippen LogP contribution in [0.25, 0.3) is 11.1 Å². The molecule has 2 aromatic rings. The number of fused-ring (bicyclic) bond motifs is 1. The molecule has 5 nitrogen and oxygen atoms in total. The summed E-state index contributed by atoms with van der Waals surface area (Å²) in [7, 11) is 0. The lowest BCUT2D eigenvalue weighted by Gasteiger charge is -2.23. The SMILES string of the molecule is O=C(Cc1ccc(-c2cccnc2)cc1)NC1N=CN2C(C(F)(F)F)=CSC12. The third-order valence-electron chi connectivity index (χ3n) is 4.41. The molecule has 0 radical (unpaired) electrons. The largest absolute Gasteiger partial charge is 0.432 e. The van der Waals surface area contributed by atoms with E-state index in [2.05, 4.69) is 15.3 Å². The zero-order chi connectivity index (χ0) is 19.7. The van der Waals surface area contributed by atoms with Gasteiger partial charge in [-0.3, -0.25) is 9.78 Å². The number of amides is 1. The molecule has 4 rings (SSSR count). The van der Waals surface area contributed by atoms with Gasteiger partial charge >= 0.3 is 6.18 Å². The van der Waals surface area contributed by atoms with Gasteiger partial charge in [0.05, 0.1) is 12.8 Å². The summed E-state index contributed by atoms with van der Waals surface area (Å²) < 4.78 is 38.9. The zero-order valence-corrected chi connectivity index (χ0v) is 15.2. The molecule has 1 N–H and O–H groups in total. The van der Waals surface area contributed by atoms with Gasteiger partial charge in [0.1, 0.15) is 11.1 Å². The first-order chi connectivity index (χ1) is 13.4. The molecule has 0 bridgehead atoms. The maximum Gasteiger partial charge on any atom is 0.432 e. The topological polar surface area (TPSA) is 57.6 Å². The first kappa shape index (κ1) is 18.5. The maximum atomic E-state index is 13.0. The van der Waals surface area contributed by atoms with Crippen molar-refractivity contribution in [3.05, 3.63) is 65.5 Å². The number of nitrogens with zero attached hydrogens (tertiary/aromatic N) is 3. The van der Waals surface area contributed by atoms with E-state index in [4.69, 9.17) is 0 Å². The van der Waals surface area contributed by atoms with E-state index in [0.717, 1.165) is 45.1 Å². The van der Waals surface area contributed by atoms with Gasteiger partial charge in [-0.05, 0) is 22.8 Å². The number of carbonyl (C=O) groups excluding carboxylic acids is 1. The van der Waals surface area contributed by atoms with Crippen LogP contribution in [0.2, 0.25) is 0 Å². The fraction of sp³-hybridized carbons (Fsp3) is 0.211. The van der Waals surface area contributed by atoms with Crippen molar-refractivity contribution in [1.29, 1.82) is 0 Å². The summed E-state index contributed by atoms with van der Waals surface area (Å²) in [5.74, 6) is -0.292. The van der Waals surface area contributed by atoms with E-state index in [9.17, 15) is 18.0 Å². The highest BCUT2D eigenvalue weighted by Crippen LogP contribution is 2.42. The average molecular weight is 404 g/mol. The van der Waals surface area contributed by atoms with Crippen molar-refractivity contribution >= 4 is 24.0 Å². The molecule has 2 aliphatic heterocycles. The minimum absolute atomic E-state index is 0.121. The second-order valence-corrected chi connectivity index (χ2v) is 7.32. The lowest BCUT2D eigenvalue weighted by molar-refractivity contribution is -0.121. The Hall–Kier alpha value is -2.81. The van der Waals surface area contributed by atoms with Gasteiger partial charge in [-0.15, -0.1) is 11.8 Å². The first-order valence-corrected chi connectivity index (χ1v) is 9.39. The molecule has 1 aromatic carbocycles. The van der Waals surface area contributed by atoms with Gasteiger partial charge in [0.15, 0.2) is 6.17 Å². The fourth-order valence-corrected chi connectivity index (χ4v) is 4.15. The molecule has 2 aliphatic rings. The molecule has 2 atom stereocenters. The molecule has 1 amide bonds. The molecule has 144 valence electrons. The van der Waals surface area contributed by atoms with Crippen molar-refractivity contribution in [2.75, 3.05) is 0 Å². The third-order valence-corrected chi connectivity index (χ3v) is 5.53. The Morgan fingerprint density at radius 2 is 1.96 bits per heavy atom. The minimum atomic E-state index is -4.44. The van der Waals surface area contributed by atoms with E-state index in [0.29, 0.717) is 0 Å². The van der Waals surface area contributed by atoms with Gasteiger partial charge in [0.2, 0.25) is 5.91 Å². The minimum Gasteiger partial charge on any atom is -0.332 e. The lowest BCUT2D eigenvalue weighted by atomic mass is 10.0. The van der Waals surface area contributed by atoms with Crippen molar-refractivity contribution in [3.8, 4) is 11.1 Å². The molecule has 1 aromatic heterocycles. The second kappa shape index (κ2) is 7.31. The number of hydrogen-bond acceptors (Lipinski definition) is 5. The maximum absolute atomic E-state index is 13.0. The molecule has 0 aliphatic carbocycles. The molecular weight excluding hydrogens is 389 g/mol. The van der Waals surface area contributed by atoms with Gasteiger partial charge in [-0.1, -0.05) is 30.3 Å². The number of hydrogen-bond donors (Lipinski definition) is 1. The highest BCUT2D eigenvalue weighted by Gasteiger charge is 2.47. The van der Waals surface area contributed by atoms with Gasteiger partial charge in [-0.25, -0.2) is 4.99 Å². The summed E-state index contributed by atoms with van der Waals surface area (Å²) in [6, 6.07) is 11.3. The van der Waals surface area contributed by atoms with E-state index in [1.165, 1.54) is 0 Å². The Morgan fingerprint density at radius 3 is 2.64 bits per heavy atom. The zero-order valence-electron chi connectivity index (χ0n) is 14.4. The number of aliphatic imine (C=N–C) groups is 1. The molecule has 3 heterocycles.